The summed E-state index contributed by atoms with van der Waals surface area (Å²) in [5.74, 6) is -0.916. The summed E-state index contributed by atoms with van der Waals surface area (Å²) in [7, 11) is 0. The van der Waals surface area contributed by atoms with Gasteiger partial charge in [-0.1, -0.05) is 130 Å². The maximum Gasteiger partial charge on any atom is 0.303 e. The van der Waals surface area contributed by atoms with E-state index in [9.17, 15) is 39.6 Å². The predicted molar refractivity (Wildman–Crippen MR) is 307 cm³/mol. The van der Waals surface area contributed by atoms with Crippen molar-refractivity contribution < 1.29 is 39.6 Å². The summed E-state index contributed by atoms with van der Waals surface area (Å²) < 4.78 is 0. The second kappa shape index (κ2) is 26.1. The van der Waals surface area contributed by atoms with Crippen LogP contribution < -0.4 is 0 Å². The molecule has 4 aromatic carbocycles. The highest BCUT2D eigenvalue weighted by Gasteiger charge is 2.30. The van der Waals surface area contributed by atoms with Gasteiger partial charge in [-0.3, -0.25) is 19.2 Å². The molecule has 1 heterocycles. The SMILES string of the molecule is CC(C)(C)c1cc2c(SCCCC(=O)O)c(c1)Sc1cc(C(C)(C)C)cc(c1SCCCC(=O)O)Sc1cc(C(C)(C)C)cc(c1SCCCC(=O)O)Sc1cc(C(C)(C)C)cc(c1SCCCC(=O)O)S2. The largest absolute Gasteiger partial charge is 0.481 e. The second-order valence-corrected chi connectivity index (χ2v) is 30.8. The van der Waals surface area contributed by atoms with Gasteiger partial charge in [0.05, 0.1) is 0 Å². The van der Waals surface area contributed by atoms with Gasteiger partial charge in [-0.05, 0) is 141 Å². The lowest BCUT2D eigenvalue weighted by molar-refractivity contribution is -0.138. The Labute approximate surface area is 462 Å². The van der Waals surface area contributed by atoms with Crippen LogP contribution in [0.2, 0.25) is 0 Å². The van der Waals surface area contributed by atoms with Gasteiger partial charge in [-0.2, -0.15) is 0 Å². The number of rotatable bonds is 20. The summed E-state index contributed by atoms with van der Waals surface area (Å²) in [5, 5.41) is 38.9. The van der Waals surface area contributed by atoms with E-state index < -0.39 is 23.9 Å². The monoisotopic (exact) mass is 1130 g/mol. The van der Waals surface area contributed by atoms with Gasteiger partial charge >= 0.3 is 23.9 Å². The number of carboxylic acids is 4. The van der Waals surface area contributed by atoms with Crippen molar-refractivity contribution in [1.82, 2.24) is 0 Å². The Morgan fingerprint density at radius 3 is 0.611 bits per heavy atom. The van der Waals surface area contributed by atoms with E-state index in [0.29, 0.717) is 48.7 Å². The number of carbonyl (C=O) groups is 4. The molecule has 4 aromatic rings. The minimum Gasteiger partial charge on any atom is -0.481 e. The van der Waals surface area contributed by atoms with Gasteiger partial charge in [0.25, 0.3) is 0 Å². The van der Waals surface area contributed by atoms with Crippen molar-refractivity contribution in [2.75, 3.05) is 23.0 Å². The number of aliphatic carboxylic acids is 4. The molecule has 8 bridgehead atoms. The van der Waals surface area contributed by atoms with Crippen molar-refractivity contribution in [2.45, 2.75) is 215 Å². The Balaban J connectivity index is 1.99. The molecule has 0 unspecified atom stereocenters. The lowest BCUT2D eigenvalue weighted by atomic mass is 9.87. The molecule has 5 rings (SSSR count). The van der Waals surface area contributed by atoms with Gasteiger partial charge in [0, 0.05) is 84.4 Å². The molecule has 0 aliphatic carbocycles. The minimum atomic E-state index is -0.826. The van der Waals surface area contributed by atoms with Crippen LogP contribution in [0.1, 0.15) is 157 Å². The van der Waals surface area contributed by atoms with Gasteiger partial charge in [-0.25, -0.2) is 0 Å². The highest BCUT2D eigenvalue weighted by atomic mass is 32.2. The molecule has 16 heteroatoms. The molecule has 0 aromatic heterocycles. The average molecular weight is 1130 g/mol. The standard InChI is InChI=1S/C56H72O8S8/c1-53(2,3)33-25-37-49(65-21-13-17-45(57)58)38(26-33)70-40-28-35(55(7,8)9)30-42(51(40)67-23-15-19-47(61)62)72-44-32-36(56(10,11)12)31-43(52(44)68-24-16-20-48(63)64)71-41-29-34(54(4,5)6)27-39(69-37)50(41)66-22-14-18-46(59)60/h25-32H,13-24H2,1-12H3,(H,57,58)(H,59,60)(H,61,62)(H,63,64). The lowest BCUT2D eigenvalue weighted by Gasteiger charge is -2.28. The van der Waals surface area contributed by atoms with Crippen molar-refractivity contribution in [3.63, 3.8) is 0 Å². The van der Waals surface area contributed by atoms with Crippen molar-refractivity contribution in [1.29, 1.82) is 0 Å². The molecule has 1 aliphatic rings. The van der Waals surface area contributed by atoms with Crippen LogP contribution in [0.15, 0.2) is 107 Å². The molecule has 0 radical (unpaired) electrons. The summed E-state index contributed by atoms with van der Waals surface area (Å²) in [4.78, 5) is 60.2. The summed E-state index contributed by atoms with van der Waals surface area (Å²) >= 11 is 13.7. The van der Waals surface area contributed by atoms with E-state index in [-0.39, 0.29) is 47.3 Å². The molecule has 0 spiro atoms. The average Bonchev–Trinajstić information content (AvgIpc) is 3.24. The Morgan fingerprint density at radius 1 is 0.333 bits per heavy atom. The van der Waals surface area contributed by atoms with Gasteiger partial charge in [-0.15, -0.1) is 47.0 Å². The first-order valence-corrected chi connectivity index (χ1v) is 31.6. The zero-order chi connectivity index (χ0) is 53.3. The first kappa shape index (κ1) is 60.4. The Hall–Kier alpha value is -2.44. The zero-order valence-electron chi connectivity index (χ0n) is 43.8. The van der Waals surface area contributed by atoms with Crippen LogP contribution in [-0.2, 0) is 40.8 Å². The van der Waals surface area contributed by atoms with E-state index in [2.05, 4.69) is 132 Å². The van der Waals surface area contributed by atoms with Crippen LogP contribution in [0.4, 0.5) is 0 Å². The topological polar surface area (TPSA) is 149 Å². The maximum absolute atomic E-state index is 11.8. The first-order valence-electron chi connectivity index (χ1n) is 24.3. The number of thioether (sulfide) groups is 4. The number of hydrogen-bond donors (Lipinski definition) is 4. The summed E-state index contributed by atoms with van der Waals surface area (Å²) in [6, 6.07) is 18.5. The van der Waals surface area contributed by atoms with E-state index in [1.54, 1.807) is 94.1 Å². The number of fused-ring (bicyclic) bond motifs is 8. The molecule has 72 heavy (non-hydrogen) atoms. The Bertz CT molecular complexity index is 2170. The van der Waals surface area contributed by atoms with Crippen LogP contribution >= 0.6 is 94.1 Å². The Morgan fingerprint density at radius 2 is 0.486 bits per heavy atom. The van der Waals surface area contributed by atoms with E-state index >= 15 is 0 Å². The molecule has 4 N–H and O–H groups in total. The van der Waals surface area contributed by atoms with Crippen LogP contribution in [0.25, 0.3) is 0 Å². The van der Waals surface area contributed by atoms with Crippen molar-refractivity contribution in [3.8, 4) is 0 Å². The third kappa shape index (κ3) is 17.8. The fraction of sp³-hybridized carbons (Fsp3) is 0.500. The molecule has 0 amide bonds. The van der Waals surface area contributed by atoms with E-state index in [4.69, 9.17) is 0 Å². The van der Waals surface area contributed by atoms with Crippen molar-refractivity contribution >= 4 is 118 Å². The normalized spacial score (nSPS) is 13.3. The third-order valence-electron chi connectivity index (χ3n) is 11.6. The van der Waals surface area contributed by atoms with Crippen LogP contribution in [0.5, 0.6) is 0 Å². The summed E-state index contributed by atoms with van der Waals surface area (Å²) in [6.07, 6.45) is 2.23. The van der Waals surface area contributed by atoms with E-state index in [0.717, 1.165) is 81.0 Å². The molecule has 1 aliphatic heterocycles. The highest BCUT2D eigenvalue weighted by molar-refractivity contribution is 8.06. The van der Waals surface area contributed by atoms with Crippen LogP contribution in [-0.4, -0.2) is 67.3 Å². The van der Waals surface area contributed by atoms with Gasteiger partial charge in [0.1, 0.15) is 0 Å². The smallest absolute Gasteiger partial charge is 0.303 e. The number of carboxylic acid groups (broad SMARTS) is 4. The first-order chi connectivity index (χ1) is 33.5. The van der Waals surface area contributed by atoms with E-state index in [1.807, 2.05) is 0 Å². The minimum absolute atomic E-state index is 0.0611. The van der Waals surface area contributed by atoms with Gasteiger partial charge in [0.2, 0.25) is 0 Å². The van der Waals surface area contributed by atoms with Crippen LogP contribution in [0, 0.1) is 0 Å². The van der Waals surface area contributed by atoms with E-state index in [1.165, 1.54) is 0 Å². The van der Waals surface area contributed by atoms with Gasteiger partial charge < -0.3 is 20.4 Å². The molecule has 392 valence electrons. The number of hydrogen-bond acceptors (Lipinski definition) is 12. The van der Waals surface area contributed by atoms with Crippen LogP contribution in [0.3, 0.4) is 0 Å². The predicted octanol–water partition coefficient (Wildman–Crippen LogP) is 17.6. The quantitative estimate of drug-likeness (QED) is 0.0432. The molecular weight excluding hydrogens is 1060 g/mol. The highest BCUT2D eigenvalue weighted by Crippen LogP contribution is 2.56. The molecular formula is C56H72O8S8. The summed E-state index contributed by atoms with van der Waals surface area (Å²) in [5.41, 5.74) is 3.67. The second-order valence-electron chi connectivity index (χ2n) is 22.0. The summed E-state index contributed by atoms with van der Waals surface area (Å²) in [6.45, 7) is 26.7. The van der Waals surface area contributed by atoms with Crippen molar-refractivity contribution in [2.24, 2.45) is 0 Å². The fourth-order valence-corrected chi connectivity index (χ4v) is 17.6. The van der Waals surface area contributed by atoms with Gasteiger partial charge in [0.15, 0.2) is 0 Å². The Kier molecular flexibility index (Phi) is 21.9. The number of benzene rings is 4. The molecule has 0 fully saturated rings. The fourth-order valence-electron chi connectivity index (χ4n) is 7.28. The maximum atomic E-state index is 11.8. The third-order valence-corrected chi connectivity index (χ3v) is 21.8. The lowest BCUT2D eigenvalue weighted by Crippen LogP contribution is -2.13. The molecule has 0 atom stereocenters. The molecule has 0 saturated heterocycles. The zero-order valence-corrected chi connectivity index (χ0v) is 50.3. The molecule has 0 saturated carbocycles. The molecule has 8 nitrogen and oxygen atoms in total. The van der Waals surface area contributed by atoms with Crippen molar-refractivity contribution in [3.05, 3.63) is 70.8 Å².